The first-order valence-electron chi connectivity index (χ1n) is 5.64. The van der Waals surface area contributed by atoms with Gasteiger partial charge in [-0.3, -0.25) is 5.01 Å². The number of azide groups is 1. The Hall–Kier alpha value is -2.07. The summed E-state index contributed by atoms with van der Waals surface area (Å²) in [7, 11) is 0. The lowest BCUT2D eigenvalue weighted by molar-refractivity contribution is 0.209. The molecule has 1 aliphatic heterocycles. The SMILES string of the molecule is [N-]=[N+]=NC1CCN(N=Nc2ccccc2)CC1. The fourth-order valence-corrected chi connectivity index (χ4v) is 1.74. The standard InChI is InChI=1S/C11H14N6/c12-15-13-11-6-8-17(9-7-11)16-14-10-4-2-1-3-5-10/h1-5,11H,6-9H2. The van der Waals surface area contributed by atoms with Crippen LogP contribution in [-0.2, 0) is 0 Å². The minimum absolute atomic E-state index is 0.114. The Kier molecular flexibility index (Phi) is 3.94. The van der Waals surface area contributed by atoms with Crippen molar-refractivity contribution >= 4 is 5.69 Å². The van der Waals surface area contributed by atoms with Crippen LogP contribution in [0.1, 0.15) is 12.8 Å². The van der Waals surface area contributed by atoms with Crippen LogP contribution >= 0.6 is 0 Å². The normalized spacial score (nSPS) is 17.1. The summed E-state index contributed by atoms with van der Waals surface area (Å²) in [6.07, 6.45) is 1.69. The molecule has 0 saturated carbocycles. The van der Waals surface area contributed by atoms with Gasteiger partial charge in [0.1, 0.15) is 0 Å². The zero-order chi connectivity index (χ0) is 11.9. The topological polar surface area (TPSA) is 76.7 Å². The van der Waals surface area contributed by atoms with Crippen molar-refractivity contribution in [1.82, 2.24) is 5.01 Å². The highest BCUT2D eigenvalue weighted by Crippen LogP contribution is 2.16. The molecule has 0 bridgehead atoms. The first kappa shape index (κ1) is 11.4. The molecule has 1 heterocycles. The van der Waals surface area contributed by atoms with Gasteiger partial charge < -0.3 is 0 Å². The molecule has 6 heteroatoms. The lowest BCUT2D eigenvalue weighted by atomic mass is 10.1. The summed E-state index contributed by atoms with van der Waals surface area (Å²) in [5.41, 5.74) is 9.19. The summed E-state index contributed by atoms with van der Waals surface area (Å²) in [4.78, 5) is 2.83. The highest BCUT2D eigenvalue weighted by atomic mass is 15.5. The highest BCUT2D eigenvalue weighted by Gasteiger charge is 2.16. The molecule has 1 aromatic rings. The lowest BCUT2D eigenvalue weighted by Crippen LogP contribution is -2.30. The Morgan fingerprint density at radius 1 is 1.18 bits per heavy atom. The van der Waals surface area contributed by atoms with Gasteiger partial charge in [0.2, 0.25) is 0 Å². The summed E-state index contributed by atoms with van der Waals surface area (Å²) >= 11 is 0. The molecule has 0 N–H and O–H groups in total. The van der Waals surface area contributed by atoms with Crippen molar-refractivity contribution in [1.29, 1.82) is 0 Å². The number of hydrogen-bond acceptors (Lipinski definition) is 3. The molecule has 88 valence electrons. The van der Waals surface area contributed by atoms with E-state index in [9.17, 15) is 0 Å². The van der Waals surface area contributed by atoms with Gasteiger partial charge in [0.15, 0.2) is 0 Å². The molecule has 0 unspecified atom stereocenters. The number of benzene rings is 1. The summed E-state index contributed by atoms with van der Waals surface area (Å²) in [5.74, 6) is 0. The van der Waals surface area contributed by atoms with E-state index in [1.807, 2.05) is 35.3 Å². The van der Waals surface area contributed by atoms with Gasteiger partial charge in [-0.15, -0.1) is 5.11 Å². The fraction of sp³-hybridized carbons (Fsp3) is 0.455. The molecule has 1 aliphatic rings. The van der Waals surface area contributed by atoms with Crippen molar-refractivity contribution in [2.75, 3.05) is 13.1 Å². The van der Waals surface area contributed by atoms with E-state index >= 15 is 0 Å². The van der Waals surface area contributed by atoms with Gasteiger partial charge in [0.05, 0.1) is 5.69 Å². The molecule has 1 saturated heterocycles. The maximum absolute atomic E-state index is 8.34. The van der Waals surface area contributed by atoms with Gasteiger partial charge in [-0.2, -0.15) is 0 Å². The van der Waals surface area contributed by atoms with Gasteiger partial charge in [-0.1, -0.05) is 28.5 Å². The van der Waals surface area contributed by atoms with E-state index in [2.05, 4.69) is 20.4 Å². The Bertz CT molecular complexity index is 415. The van der Waals surface area contributed by atoms with Crippen molar-refractivity contribution in [3.63, 3.8) is 0 Å². The van der Waals surface area contributed by atoms with Crippen LogP contribution in [-0.4, -0.2) is 24.1 Å². The third-order valence-corrected chi connectivity index (χ3v) is 2.70. The zero-order valence-corrected chi connectivity index (χ0v) is 9.48. The molecule has 17 heavy (non-hydrogen) atoms. The molecule has 0 amide bonds. The first-order chi connectivity index (χ1) is 8.38. The third kappa shape index (κ3) is 3.46. The van der Waals surface area contributed by atoms with Crippen LogP contribution in [0.15, 0.2) is 45.8 Å². The van der Waals surface area contributed by atoms with E-state index < -0.39 is 0 Å². The second kappa shape index (κ2) is 5.86. The fourth-order valence-electron chi connectivity index (χ4n) is 1.74. The molecular weight excluding hydrogens is 216 g/mol. The van der Waals surface area contributed by atoms with Crippen LogP contribution in [0, 0.1) is 0 Å². The van der Waals surface area contributed by atoms with Crippen LogP contribution in [0.2, 0.25) is 0 Å². The summed E-state index contributed by atoms with van der Waals surface area (Å²) in [5, 5.41) is 14.0. The van der Waals surface area contributed by atoms with Crippen molar-refractivity contribution in [2.45, 2.75) is 18.9 Å². The van der Waals surface area contributed by atoms with Crippen molar-refractivity contribution in [3.8, 4) is 0 Å². The Balaban J connectivity index is 1.86. The van der Waals surface area contributed by atoms with Crippen LogP contribution < -0.4 is 0 Å². The van der Waals surface area contributed by atoms with E-state index in [1.165, 1.54) is 0 Å². The Morgan fingerprint density at radius 3 is 2.53 bits per heavy atom. The maximum Gasteiger partial charge on any atom is 0.0874 e. The van der Waals surface area contributed by atoms with E-state index in [4.69, 9.17) is 5.53 Å². The molecule has 6 nitrogen and oxygen atoms in total. The van der Waals surface area contributed by atoms with Crippen LogP contribution in [0.5, 0.6) is 0 Å². The highest BCUT2D eigenvalue weighted by molar-refractivity contribution is 5.34. The van der Waals surface area contributed by atoms with Gasteiger partial charge in [-0.25, -0.2) is 0 Å². The van der Waals surface area contributed by atoms with E-state index in [0.29, 0.717) is 0 Å². The monoisotopic (exact) mass is 230 g/mol. The molecule has 2 rings (SSSR count). The predicted molar refractivity (Wildman–Crippen MR) is 64.7 cm³/mol. The minimum Gasteiger partial charge on any atom is -0.278 e. The molecule has 1 aromatic carbocycles. The van der Waals surface area contributed by atoms with Gasteiger partial charge >= 0.3 is 0 Å². The van der Waals surface area contributed by atoms with Gasteiger partial charge in [-0.05, 0) is 30.5 Å². The van der Waals surface area contributed by atoms with E-state index in [0.717, 1.165) is 31.6 Å². The average Bonchev–Trinajstić information content (AvgIpc) is 2.40. The first-order valence-corrected chi connectivity index (χ1v) is 5.64. The molecule has 0 aliphatic carbocycles. The Morgan fingerprint density at radius 2 is 1.88 bits per heavy atom. The predicted octanol–water partition coefficient (Wildman–Crippen LogP) is 3.46. The number of rotatable bonds is 3. The zero-order valence-electron chi connectivity index (χ0n) is 9.48. The smallest absolute Gasteiger partial charge is 0.0874 e. The molecular formula is C11H14N6. The van der Waals surface area contributed by atoms with Gasteiger partial charge in [0, 0.05) is 24.0 Å². The van der Waals surface area contributed by atoms with Crippen LogP contribution in [0.25, 0.3) is 10.4 Å². The maximum atomic E-state index is 8.34. The number of hydrogen-bond donors (Lipinski definition) is 0. The van der Waals surface area contributed by atoms with Crippen molar-refractivity contribution in [2.24, 2.45) is 15.5 Å². The third-order valence-electron chi connectivity index (χ3n) is 2.70. The number of piperidine rings is 1. The second-order valence-electron chi connectivity index (χ2n) is 3.91. The molecule has 0 spiro atoms. The van der Waals surface area contributed by atoms with E-state index in [-0.39, 0.29) is 6.04 Å². The quantitative estimate of drug-likeness (QED) is 0.445. The summed E-state index contributed by atoms with van der Waals surface area (Å²) in [6, 6.07) is 9.75. The minimum atomic E-state index is 0.114. The van der Waals surface area contributed by atoms with E-state index in [1.54, 1.807) is 0 Å². The summed E-state index contributed by atoms with van der Waals surface area (Å²) < 4.78 is 0. The largest absolute Gasteiger partial charge is 0.278 e. The molecule has 0 radical (unpaired) electrons. The summed E-state index contributed by atoms with van der Waals surface area (Å²) in [6.45, 7) is 1.58. The van der Waals surface area contributed by atoms with Gasteiger partial charge in [0.25, 0.3) is 0 Å². The average molecular weight is 230 g/mol. The van der Waals surface area contributed by atoms with Crippen molar-refractivity contribution in [3.05, 3.63) is 40.8 Å². The van der Waals surface area contributed by atoms with Crippen LogP contribution in [0.4, 0.5) is 5.69 Å². The van der Waals surface area contributed by atoms with Crippen molar-refractivity contribution < 1.29 is 0 Å². The molecule has 0 atom stereocenters. The molecule has 1 fully saturated rings. The molecule has 0 aromatic heterocycles. The second-order valence-corrected chi connectivity index (χ2v) is 3.91. The van der Waals surface area contributed by atoms with Crippen LogP contribution in [0.3, 0.4) is 0 Å². The Labute approximate surface area is 99.6 Å². The lowest BCUT2D eigenvalue weighted by Gasteiger charge is -2.26. The number of nitrogens with zero attached hydrogens (tertiary/aromatic N) is 6.